The van der Waals surface area contributed by atoms with Crippen molar-refractivity contribution in [3.63, 3.8) is 0 Å². The lowest BCUT2D eigenvalue weighted by atomic mass is 10.1. The Kier molecular flexibility index (Phi) is 6.74. The van der Waals surface area contributed by atoms with Crippen molar-refractivity contribution >= 4 is 23.5 Å². The number of halogens is 2. The molecule has 1 N–H and O–H groups in total. The highest BCUT2D eigenvalue weighted by Crippen LogP contribution is 2.20. The molecule has 148 valence electrons. The van der Waals surface area contributed by atoms with Crippen LogP contribution in [-0.2, 0) is 6.42 Å². The van der Waals surface area contributed by atoms with Gasteiger partial charge in [-0.2, -0.15) is 0 Å². The number of hydrogen-bond donors (Lipinski definition) is 1. The second-order valence-electron chi connectivity index (χ2n) is 6.50. The van der Waals surface area contributed by atoms with Crippen LogP contribution in [0.15, 0.2) is 78.9 Å². The second-order valence-corrected chi connectivity index (χ2v) is 6.50. The molecule has 0 aromatic heterocycles. The summed E-state index contributed by atoms with van der Waals surface area (Å²) in [4.78, 5) is 14.4. The van der Waals surface area contributed by atoms with E-state index in [1.54, 1.807) is 0 Å². The van der Waals surface area contributed by atoms with Crippen molar-refractivity contribution in [3.05, 3.63) is 102 Å². The largest absolute Gasteiger partial charge is 0.326 e. The van der Waals surface area contributed by atoms with Gasteiger partial charge in [0.25, 0.3) is 0 Å². The summed E-state index contributed by atoms with van der Waals surface area (Å²) in [6.07, 6.45) is 4.67. The van der Waals surface area contributed by atoms with Gasteiger partial charge in [-0.3, -0.25) is 4.90 Å². The average Bonchev–Trinajstić information content (AvgIpc) is 2.74. The third-order valence-electron chi connectivity index (χ3n) is 4.47. The molecule has 3 nitrogen and oxygen atoms in total. The van der Waals surface area contributed by atoms with E-state index in [-0.39, 0.29) is 12.2 Å². The molecule has 0 spiro atoms. The number of amides is 2. The number of carbonyl (C=O) groups excluding carboxylic acids is 1. The third-order valence-corrected chi connectivity index (χ3v) is 4.47. The Morgan fingerprint density at radius 1 is 1.00 bits per heavy atom. The van der Waals surface area contributed by atoms with E-state index in [1.807, 2.05) is 66.7 Å². The number of urea groups is 1. The van der Waals surface area contributed by atoms with Gasteiger partial charge in [0.05, 0.1) is 5.69 Å². The van der Waals surface area contributed by atoms with Gasteiger partial charge < -0.3 is 5.32 Å². The Bertz CT molecular complexity index is 986. The maximum absolute atomic E-state index is 14.0. The summed E-state index contributed by atoms with van der Waals surface area (Å²) in [6, 6.07) is 19.9. The number of hydrogen-bond acceptors (Lipinski definition) is 1. The van der Waals surface area contributed by atoms with Crippen LogP contribution in [0.4, 0.5) is 25.0 Å². The zero-order chi connectivity index (χ0) is 20.6. The molecule has 3 aromatic carbocycles. The van der Waals surface area contributed by atoms with Crippen LogP contribution in [0.25, 0.3) is 6.08 Å². The van der Waals surface area contributed by atoms with Crippen molar-refractivity contribution in [3.8, 4) is 0 Å². The lowest BCUT2D eigenvalue weighted by Gasteiger charge is -2.22. The fourth-order valence-corrected chi connectivity index (χ4v) is 2.85. The van der Waals surface area contributed by atoms with E-state index >= 15 is 0 Å². The molecule has 0 aliphatic heterocycles. The van der Waals surface area contributed by atoms with Crippen LogP contribution >= 0.6 is 0 Å². The molecular weight excluding hydrogens is 370 g/mol. The summed E-state index contributed by atoms with van der Waals surface area (Å²) in [6.45, 7) is 2.34. The summed E-state index contributed by atoms with van der Waals surface area (Å²) in [7, 11) is 0. The lowest BCUT2D eigenvalue weighted by Crippen LogP contribution is -2.35. The van der Waals surface area contributed by atoms with E-state index in [0.29, 0.717) is 5.69 Å². The predicted octanol–water partition coefficient (Wildman–Crippen LogP) is 6.28. The molecule has 3 rings (SSSR count). The standard InChI is InChI=1S/C24H22F2N2O/c1-2-18-10-13-21(14-11-18)28(16-6-9-19-7-4-3-5-8-19)24(29)27-23-15-12-20(25)17-22(23)26/h3-15,17H,2,16H2,1H3,(H,27,29)/b9-6+. The van der Waals surface area contributed by atoms with Crippen LogP contribution in [0.2, 0.25) is 0 Å². The molecule has 0 aliphatic rings. The van der Waals surface area contributed by atoms with Gasteiger partial charge in [0.2, 0.25) is 0 Å². The number of benzene rings is 3. The van der Waals surface area contributed by atoms with Gasteiger partial charge in [0, 0.05) is 18.3 Å². The quantitative estimate of drug-likeness (QED) is 0.526. The molecule has 0 bridgehead atoms. The predicted molar refractivity (Wildman–Crippen MR) is 114 cm³/mol. The number of nitrogens with zero attached hydrogens (tertiary/aromatic N) is 1. The maximum Gasteiger partial charge on any atom is 0.326 e. The van der Waals surface area contributed by atoms with Crippen LogP contribution in [0.3, 0.4) is 0 Å². The molecule has 0 saturated heterocycles. The number of carbonyl (C=O) groups is 1. The highest BCUT2D eigenvalue weighted by Gasteiger charge is 2.16. The zero-order valence-electron chi connectivity index (χ0n) is 16.1. The van der Waals surface area contributed by atoms with Crippen LogP contribution < -0.4 is 10.2 Å². The summed E-state index contributed by atoms with van der Waals surface area (Å²) in [5.74, 6) is -1.52. The molecule has 0 fully saturated rings. The first-order chi connectivity index (χ1) is 14.1. The minimum absolute atomic E-state index is 0.0707. The van der Waals surface area contributed by atoms with Gasteiger partial charge in [-0.1, -0.05) is 61.5 Å². The Morgan fingerprint density at radius 2 is 1.72 bits per heavy atom. The topological polar surface area (TPSA) is 32.3 Å². The Morgan fingerprint density at radius 3 is 2.38 bits per heavy atom. The molecule has 0 atom stereocenters. The second kappa shape index (κ2) is 9.64. The highest BCUT2D eigenvalue weighted by atomic mass is 19.1. The van der Waals surface area contributed by atoms with E-state index < -0.39 is 17.7 Å². The van der Waals surface area contributed by atoms with Gasteiger partial charge in [-0.05, 0) is 41.8 Å². The SMILES string of the molecule is CCc1ccc(N(C/C=C/c2ccccc2)C(=O)Nc2ccc(F)cc2F)cc1. The van der Waals surface area contributed by atoms with Crippen molar-refractivity contribution in [2.75, 3.05) is 16.8 Å². The monoisotopic (exact) mass is 392 g/mol. The summed E-state index contributed by atoms with van der Waals surface area (Å²) >= 11 is 0. The first kappa shape index (κ1) is 20.3. The highest BCUT2D eigenvalue weighted by molar-refractivity contribution is 6.02. The van der Waals surface area contributed by atoms with E-state index in [2.05, 4.69) is 12.2 Å². The fraction of sp³-hybridized carbons (Fsp3) is 0.125. The summed E-state index contributed by atoms with van der Waals surface area (Å²) in [5, 5.41) is 2.52. The van der Waals surface area contributed by atoms with Crippen molar-refractivity contribution < 1.29 is 13.6 Å². The van der Waals surface area contributed by atoms with Crippen LogP contribution in [0.1, 0.15) is 18.1 Å². The van der Waals surface area contributed by atoms with E-state index in [9.17, 15) is 13.6 Å². The van der Waals surface area contributed by atoms with Gasteiger partial charge >= 0.3 is 6.03 Å². The molecule has 5 heteroatoms. The van der Waals surface area contributed by atoms with Crippen molar-refractivity contribution in [1.82, 2.24) is 0 Å². The molecule has 0 unspecified atom stereocenters. The van der Waals surface area contributed by atoms with Crippen molar-refractivity contribution in [1.29, 1.82) is 0 Å². The molecule has 0 heterocycles. The number of rotatable bonds is 6. The Hall–Kier alpha value is -3.47. The number of anilines is 2. The number of nitrogens with one attached hydrogen (secondary N) is 1. The van der Waals surface area contributed by atoms with Gasteiger partial charge in [-0.15, -0.1) is 0 Å². The van der Waals surface area contributed by atoms with Crippen molar-refractivity contribution in [2.45, 2.75) is 13.3 Å². The lowest BCUT2D eigenvalue weighted by molar-refractivity contribution is 0.257. The third kappa shape index (κ3) is 5.51. The Labute approximate surface area is 169 Å². The Balaban J connectivity index is 1.82. The zero-order valence-corrected chi connectivity index (χ0v) is 16.1. The van der Waals surface area contributed by atoms with E-state index in [4.69, 9.17) is 0 Å². The van der Waals surface area contributed by atoms with Crippen LogP contribution in [-0.4, -0.2) is 12.6 Å². The normalized spacial score (nSPS) is 10.9. The molecule has 0 radical (unpaired) electrons. The van der Waals surface area contributed by atoms with E-state index in [0.717, 1.165) is 29.7 Å². The minimum atomic E-state index is -0.820. The van der Waals surface area contributed by atoms with Gasteiger partial charge in [0.1, 0.15) is 11.6 Å². The molecule has 3 aromatic rings. The number of aryl methyl sites for hydroxylation is 1. The first-order valence-electron chi connectivity index (χ1n) is 9.41. The molecule has 29 heavy (non-hydrogen) atoms. The maximum atomic E-state index is 14.0. The summed E-state index contributed by atoms with van der Waals surface area (Å²) < 4.78 is 27.1. The summed E-state index contributed by atoms with van der Waals surface area (Å²) in [5.41, 5.74) is 2.77. The molecule has 0 saturated carbocycles. The first-order valence-corrected chi connectivity index (χ1v) is 9.41. The van der Waals surface area contributed by atoms with Crippen LogP contribution in [0, 0.1) is 11.6 Å². The average molecular weight is 392 g/mol. The van der Waals surface area contributed by atoms with E-state index in [1.165, 1.54) is 11.0 Å². The minimum Gasteiger partial charge on any atom is -0.305 e. The smallest absolute Gasteiger partial charge is 0.305 e. The van der Waals surface area contributed by atoms with Gasteiger partial charge in [-0.25, -0.2) is 13.6 Å². The molecular formula is C24H22F2N2O. The van der Waals surface area contributed by atoms with Crippen LogP contribution in [0.5, 0.6) is 0 Å². The fourth-order valence-electron chi connectivity index (χ4n) is 2.85. The van der Waals surface area contributed by atoms with Crippen molar-refractivity contribution in [2.24, 2.45) is 0 Å². The molecule has 2 amide bonds. The molecule has 0 aliphatic carbocycles. The van der Waals surface area contributed by atoms with Gasteiger partial charge in [0.15, 0.2) is 0 Å².